The molecule has 0 bridgehead atoms. The highest BCUT2D eigenvalue weighted by Gasteiger charge is 2.49. The Hall–Kier alpha value is -2.12. The lowest BCUT2D eigenvalue weighted by molar-refractivity contribution is -0.169. The second-order valence-electron chi connectivity index (χ2n) is 7.93. The van der Waals surface area contributed by atoms with Crippen molar-refractivity contribution in [1.29, 1.82) is 0 Å². The highest BCUT2D eigenvalue weighted by molar-refractivity contribution is 5.98. The van der Waals surface area contributed by atoms with E-state index in [0.717, 1.165) is 51.6 Å². The summed E-state index contributed by atoms with van der Waals surface area (Å²) < 4.78 is 0. The van der Waals surface area contributed by atoms with Crippen molar-refractivity contribution in [1.82, 2.24) is 9.80 Å². The summed E-state index contributed by atoms with van der Waals surface area (Å²) in [4.78, 5) is 50.5. The van der Waals surface area contributed by atoms with Gasteiger partial charge in [-0.25, -0.2) is 0 Å². The number of nitrogens with zero attached hydrogens (tertiary/aromatic N) is 2. The molecule has 0 aromatic carbocycles. The van der Waals surface area contributed by atoms with Crippen LogP contribution >= 0.6 is 0 Å². The van der Waals surface area contributed by atoms with Crippen molar-refractivity contribution in [2.24, 2.45) is 5.41 Å². The summed E-state index contributed by atoms with van der Waals surface area (Å²) in [7, 11) is 0. The number of carbonyl (C=O) groups is 4. The number of carboxylic acid groups (broad SMARTS) is 2. The first-order valence-electron chi connectivity index (χ1n) is 10.4. The van der Waals surface area contributed by atoms with E-state index in [2.05, 4.69) is 0 Å². The van der Waals surface area contributed by atoms with Crippen LogP contribution in [0.5, 0.6) is 0 Å². The summed E-state index contributed by atoms with van der Waals surface area (Å²) in [6.07, 6.45) is 7.62. The van der Waals surface area contributed by atoms with E-state index in [0.29, 0.717) is 12.8 Å². The Kier molecular flexibility index (Phi) is 8.26. The molecule has 0 radical (unpaired) electrons. The number of amides is 2. The van der Waals surface area contributed by atoms with Crippen molar-refractivity contribution in [3.8, 4) is 0 Å². The van der Waals surface area contributed by atoms with Gasteiger partial charge < -0.3 is 20.0 Å². The third-order valence-corrected chi connectivity index (χ3v) is 6.03. The maximum Gasteiger partial charge on any atom is 0.321 e. The standard InChI is InChI=1S/C20H32N2O6/c23-16(21-12-6-3-7-13-21)8-4-1-2-5-9-17(24)22-14-10-20(11-15-22,18(25)26)19(27)28/h1-15H2,(H,25,26)(H,27,28). The van der Waals surface area contributed by atoms with Crippen LogP contribution in [-0.4, -0.2) is 69.9 Å². The van der Waals surface area contributed by atoms with Gasteiger partial charge in [0.1, 0.15) is 0 Å². The quantitative estimate of drug-likeness (QED) is 0.456. The minimum atomic E-state index is -1.77. The molecule has 158 valence electrons. The van der Waals surface area contributed by atoms with E-state index < -0.39 is 17.4 Å². The monoisotopic (exact) mass is 396 g/mol. The molecule has 0 saturated carbocycles. The largest absolute Gasteiger partial charge is 0.480 e. The summed E-state index contributed by atoms with van der Waals surface area (Å²) in [6, 6.07) is 0. The highest BCUT2D eigenvalue weighted by atomic mass is 16.4. The van der Waals surface area contributed by atoms with Gasteiger partial charge in [-0.3, -0.25) is 19.2 Å². The van der Waals surface area contributed by atoms with Crippen molar-refractivity contribution < 1.29 is 29.4 Å². The number of unbranched alkanes of at least 4 members (excludes halogenated alkanes) is 3. The van der Waals surface area contributed by atoms with E-state index in [-0.39, 0.29) is 37.7 Å². The zero-order valence-electron chi connectivity index (χ0n) is 16.5. The Labute approximate surface area is 165 Å². The van der Waals surface area contributed by atoms with E-state index in [9.17, 15) is 29.4 Å². The molecule has 2 heterocycles. The fraction of sp³-hybridized carbons (Fsp3) is 0.800. The van der Waals surface area contributed by atoms with Crippen LogP contribution in [-0.2, 0) is 19.2 Å². The smallest absolute Gasteiger partial charge is 0.321 e. The predicted molar refractivity (Wildman–Crippen MR) is 102 cm³/mol. The fourth-order valence-corrected chi connectivity index (χ4v) is 4.02. The van der Waals surface area contributed by atoms with Gasteiger partial charge in [-0.15, -0.1) is 0 Å². The van der Waals surface area contributed by atoms with Gasteiger partial charge in [-0.05, 0) is 44.9 Å². The van der Waals surface area contributed by atoms with E-state index in [4.69, 9.17) is 0 Å². The zero-order valence-corrected chi connectivity index (χ0v) is 16.5. The predicted octanol–water partition coefficient (Wildman–Crippen LogP) is 2.12. The van der Waals surface area contributed by atoms with Crippen LogP contribution in [0.4, 0.5) is 0 Å². The fourth-order valence-electron chi connectivity index (χ4n) is 4.02. The van der Waals surface area contributed by atoms with Crippen LogP contribution in [0.25, 0.3) is 0 Å². The van der Waals surface area contributed by atoms with Crippen LogP contribution in [0, 0.1) is 5.41 Å². The molecule has 2 rings (SSSR count). The van der Waals surface area contributed by atoms with Crippen molar-refractivity contribution >= 4 is 23.8 Å². The molecule has 8 nitrogen and oxygen atoms in total. The molecule has 2 aliphatic heterocycles. The molecular weight excluding hydrogens is 364 g/mol. The normalized spacial score (nSPS) is 19.3. The maximum absolute atomic E-state index is 12.3. The first-order valence-corrected chi connectivity index (χ1v) is 10.4. The lowest BCUT2D eigenvalue weighted by atomic mass is 9.78. The van der Waals surface area contributed by atoms with E-state index in [1.165, 1.54) is 6.42 Å². The Balaban J connectivity index is 1.58. The number of hydrogen-bond donors (Lipinski definition) is 2. The number of hydrogen-bond acceptors (Lipinski definition) is 4. The van der Waals surface area contributed by atoms with Gasteiger partial charge in [-0.1, -0.05) is 12.8 Å². The topological polar surface area (TPSA) is 115 Å². The number of piperidine rings is 2. The van der Waals surface area contributed by atoms with Gasteiger partial charge in [-0.2, -0.15) is 0 Å². The third-order valence-electron chi connectivity index (χ3n) is 6.03. The maximum atomic E-state index is 12.3. The number of likely N-dealkylation sites (tertiary alicyclic amines) is 2. The molecule has 2 saturated heterocycles. The molecule has 0 unspecified atom stereocenters. The second kappa shape index (κ2) is 10.4. The molecule has 2 N–H and O–H groups in total. The molecule has 0 spiro atoms. The average molecular weight is 396 g/mol. The van der Waals surface area contributed by atoms with E-state index in [1.54, 1.807) is 4.90 Å². The summed E-state index contributed by atoms with van der Waals surface area (Å²) in [5.74, 6) is -2.46. The van der Waals surface area contributed by atoms with Gasteiger partial charge >= 0.3 is 11.9 Å². The number of rotatable bonds is 9. The van der Waals surface area contributed by atoms with Crippen LogP contribution in [0.15, 0.2) is 0 Å². The highest BCUT2D eigenvalue weighted by Crippen LogP contribution is 2.32. The first-order chi connectivity index (χ1) is 13.4. The summed E-state index contributed by atoms with van der Waals surface area (Å²) in [5, 5.41) is 18.4. The molecule has 2 aliphatic rings. The molecule has 0 atom stereocenters. The molecule has 0 aromatic heterocycles. The van der Waals surface area contributed by atoms with Gasteiger partial charge in [0.25, 0.3) is 0 Å². The number of carbonyl (C=O) groups excluding carboxylic acids is 2. The van der Waals surface area contributed by atoms with Crippen LogP contribution in [0.2, 0.25) is 0 Å². The van der Waals surface area contributed by atoms with Gasteiger partial charge in [0.2, 0.25) is 11.8 Å². The third kappa shape index (κ3) is 5.69. The van der Waals surface area contributed by atoms with Crippen molar-refractivity contribution in [3.05, 3.63) is 0 Å². The molecule has 28 heavy (non-hydrogen) atoms. The Morgan fingerprint density at radius 3 is 1.50 bits per heavy atom. The first kappa shape index (κ1) is 22.2. The Morgan fingerprint density at radius 2 is 1.07 bits per heavy atom. The van der Waals surface area contributed by atoms with Crippen LogP contribution < -0.4 is 0 Å². The van der Waals surface area contributed by atoms with E-state index in [1.807, 2.05) is 4.90 Å². The molecule has 2 fully saturated rings. The van der Waals surface area contributed by atoms with Crippen LogP contribution in [0.1, 0.15) is 70.6 Å². The van der Waals surface area contributed by atoms with Gasteiger partial charge in [0.15, 0.2) is 5.41 Å². The van der Waals surface area contributed by atoms with Crippen molar-refractivity contribution in [2.75, 3.05) is 26.2 Å². The Morgan fingerprint density at radius 1 is 0.643 bits per heavy atom. The minimum absolute atomic E-state index is 0.0474. The second-order valence-corrected chi connectivity index (χ2v) is 7.93. The molecule has 0 aromatic rings. The van der Waals surface area contributed by atoms with Crippen molar-refractivity contribution in [2.45, 2.75) is 70.6 Å². The molecular formula is C20H32N2O6. The van der Waals surface area contributed by atoms with Gasteiger partial charge in [0.05, 0.1) is 0 Å². The summed E-state index contributed by atoms with van der Waals surface area (Å²) >= 11 is 0. The SMILES string of the molecule is O=C(CCCCCCC(=O)N1CCC(C(=O)O)(C(=O)O)CC1)N1CCCCC1. The lowest BCUT2D eigenvalue weighted by Crippen LogP contribution is -2.50. The van der Waals surface area contributed by atoms with Crippen molar-refractivity contribution in [3.63, 3.8) is 0 Å². The van der Waals surface area contributed by atoms with Crippen LogP contribution in [0.3, 0.4) is 0 Å². The number of carboxylic acids is 2. The number of aliphatic carboxylic acids is 2. The average Bonchev–Trinajstić information content (AvgIpc) is 2.70. The molecule has 8 heteroatoms. The Bertz CT molecular complexity index is 561. The lowest BCUT2D eigenvalue weighted by Gasteiger charge is -2.36. The van der Waals surface area contributed by atoms with E-state index >= 15 is 0 Å². The van der Waals surface area contributed by atoms with Gasteiger partial charge in [0, 0.05) is 39.0 Å². The minimum Gasteiger partial charge on any atom is -0.480 e. The molecule has 2 amide bonds. The summed E-state index contributed by atoms with van der Waals surface area (Å²) in [5.41, 5.74) is -1.77. The zero-order chi connectivity index (χ0) is 20.6. The molecule has 0 aliphatic carbocycles. The summed E-state index contributed by atoms with van der Waals surface area (Å²) in [6.45, 7) is 2.10.